The highest BCUT2D eigenvalue weighted by Gasteiger charge is 2.68. The molecule has 1 aromatic rings. The number of esters is 1. The molecule has 0 aliphatic heterocycles. The van der Waals surface area contributed by atoms with Gasteiger partial charge in [0.1, 0.15) is 11.9 Å². The van der Waals surface area contributed by atoms with E-state index in [0.29, 0.717) is 30.3 Å². The normalized spacial score (nSPS) is 36.2. The van der Waals surface area contributed by atoms with E-state index in [1.165, 1.54) is 23.1 Å². The molecule has 1 aromatic heterocycles. The Bertz CT molecular complexity index is 1170. The first-order chi connectivity index (χ1) is 19.8. The lowest BCUT2D eigenvalue weighted by Gasteiger charge is -2.61. The number of ether oxygens (including phenoxy) is 1. The van der Waals surface area contributed by atoms with Gasteiger partial charge in [-0.1, -0.05) is 47.6 Å². The van der Waals surface area contributed by atoms with Crippen molar-refractivity contribution in [3.8, 4) is 0 Å². The summed E-state index contributed by atoms with van der Waals surface area (Å²) in [7, 11) is 0. The summed E-state index contributed by atoms with van der Waals surface area (Å²) >= 11 is 2.80. The molecular weight excluding hydrogens is 571 g/mol. The molecule has 8 nitrogen and oxygen atoms in total. The van der Waals surface area contributed by atoms with Crippen molar-refractivity contribution in [3.63, 3.8) is 0 Å². The van der Waals surface area contributed by atoms with Gasteiger partial charge in [-0.05, 0) is 56.0 Å². The Kier molecular flexibility index (Phi) is 10.3. The van der Waals surface area contributed by atoms with Crippen LogP contribution < -0.4 is 5.32 Å². The monoisotopic (exact) mass is 619 g/mol. The summed E-state index contributed by atoms with van der Waals surface area (Å²) in [6, 6.07) is 0. The topological polar surface area (TPSA) is 109 Å². The number of hydrogen-bond donors (Lipinski definition) is 2. The molecule has 3 fully saturated rings. The highest BCUT2D eigenvalue weighted by Crippen LogP contribution is 2.68. The highest BCUT2D eigenvalue weighted by molar-refractivity contribution is 7.99. The van der Waals surface area contributed by atoms with Gasteiger partial charge in [-0.15, -0.1) is 29.7 Å². The molecular formula is C32H49N3O5S2. The maximum Gasteiger partial charge on any atom is 0.316 e. The lowest BCUT2D eigenvalue weighted by molar-refractivity contribution is -0.205. The summed E-state index contributed by atoms with van der Waals surface area (Å²) in [4.78, 5) is 45.8. The van der Waals surface area contributed by atoms with Crippen molar-refractivity contribution in [1.29, 1.82) is 0 Å². The van der Waals surface area contributed by atoms with Crippen molar-refractivity contribution in [2.24, 2.45) is 34.0 Å². The number of aliphatic hydroxyl groups is 1. The number of nitrogens with zero attached hydrogens (tertiary/aromatic N) is 2. The first-order valence-corrected chi connectivity index (χ1v) is 17.5. The van der Waals surface area contributed by atoms with Crippen molar-refractivity contribution >= 4 is 45.9 Å². The molecule has 1 heterocycles. The number of likely N-dealkylation sites (N-methyl/N-ethyl adjacent to an activating group) is 1. The molecule has 2 bridgehead atoms. The van der Waals surface area contributed by atoms with Gasteiger partial charge >= 0.3 is 5.97 Å². The van der Waals surface area contributed by atoms with Crippen LogP contribution in [-0.4, -0.2) is 70.2 Å². The van der Waals surface area contributed by atoms with Gasteiger partial charge in [0, 0.05) is 34.3 Å². The van der Waals surface area contributed by atoms with Gasteiger partial charge in [-0.2, -0.15) is 0 Å². The smallest absolute Gasteiger partial charge is 0.316 e. The Labute approximate surface area is 259 Å². The van der Waals surface area contributed by atoms with Crippen LogP contribution in [0.5, 0.6) is 0 Å². The van der Waals surface area contributed by atoms with Crippen LogP contribution in [0.25, 0.3) is 0 Å². The van der Waals surface area contributed by atoms with Crippen molar-refractivity contribution < 1.29 is 24.2 Å². The molecule has 0 radical (unpaired) electrons. The average molecular weight is 620 g/mol. The summed E-state index contributed by atoms with van der Waals surface area (Å²) in [5.74, 6) is 0.420. The van der Waals surface area contributed by atoms with Gasteiger partial charge in [0.25, 0.3) is 0 Å². The van der Waals surface area contributed by atoms with Crippen molar-refractivity contribution in [2.45, 2.75) is 91.6 Å². The molecule has 3 aliphatic rings. The first-order valence-electron chi connectivity index (χ1n) is 15.4. The summed E-state index contributed by atoms with van der Waals surface area (Å²) in [5.41, 5.74) is -0.651. The fourth-order valence-electron chi connectivity index (χ4n) is 8.17. The third kappa shape index (κ3) is 6.10. The van der Waals surface area contributed by atoms with Gasteiger partial charge in [0.2, 0.25) is 5.91 Å². The van der Waals surface area contributed by atoms with Crippen LogP contribution in [0.15, 0.2) is 18.0 Å². The third-order valence-electron chi connectivity index (χ3n) is 11.1. The predicted molar refractivity (Wildman–Crippen MR) is 169 cm³/mol. The summed E-state index contributed by atoms with van der Waals surface area (Å²) in [6.45, 7) is 18.5. The summed E-state index contributed by atoms with van der Waals surface area (Å²) in [5, 5.41) is 17.0. The second-order valence-corrected chi connectivity index (χ2v) is 15.1. The zero-order valence-electron chi connectivity index (χ0n) is 26.1. The minimum atomic E-state index is -0.677. The number of nitrogens with one attached hydrogen (secondary N) is 1. The number of ketones is 1. The number of Topliss-reactive ketones (excluding diaryl/α,β-unsaturated/α-hetero) is 1. The van der Waals surface area contributed by atoms with E-state index in [-0.39, 0.29) is 46.6 Å². The Balaban J connectivity index is 1.44. The SMILES string of the molecule is C=C[C@]1(C)C[C@@H](OC(=O)CSCc2csc(NC(=O)CN(CC)CC)n2)[C@]2(C)C(C)CCC3(CCC(=O)C32)[C@@H](C)[C@@H]1O. The van der Waals surface area contributed by atoms with Crippen LogP contribution >= 0.6 is 23.1 Å². The Morgan fingerprint density at radius 3 is 2.67 bits per heavy atom. The largest absolute Gasteiger partial charge is 0.461 e. The number of amides is 1. The van der Waals surface area contributed by atoms with Gasteiger partial charge in [0.15, 0.2) is 5.13 Å². The third-order valence-corrected chi connectivity index (χ3v) is 12.9. The van der Waals surface area contributed by atoms with E-state index < -0.39 is 23.0 Å². The van der Waals surface area contributed by atoms with Crippen LogP contribution in [0.3, 0.4) is 0 Å². The molecule has 234 valence electrons. The van der Waals surface area contributed by atoms with Crippen molar-refractivity contribution in [3.05, 3.63) is 23.7 Å². The number of anilines is 1. The molecule has 3 saturated carbocycles. The highest BCUT2D eigenvalue weighted by atomic mass is 32.2. The quantitative estimate of drug-likeness (QED) is 0.245. The van der Waals surface area contributed by atoms with Crippen molar-refractivity contribution in [1.82, 2.24) is 9.88 Å². The number of aliphatic hydroxyl groups excluding tert-OH is 1. The van der Waals surface area contributed by atoms with E-state index in [1.54, 1.807) is 0 Å². The molecule has 0 saturated heterocycles. The standard InChI is InChI=1S/C32H49N3O5S2/c1-8-30(6)15-24(31(7)20(4)11-13-32(21(5)28(30)39)14-12-23(36)27(31)32)40-26(38)19-41-17-22-18-42-29(33-22)34-25(37)16-35(9-2)10-3/h8,18,20-21,24,27-28,39H,1,9-17,19H2,2-7H3,(H,33,34,37)/t20?,21-,24+,27?,28-,30+,31-,32?/m0/s1. The lowest BCUT2D eigenvalue weighted by Crippen LogP contribution is -2.63. The molecule has 1 amide bonds. The molecule has 4 rings (SSSR count). The van der Waals surface area contributed by atoms with Gasteiger partial charge < -0.3 is 15.2 Å². The Morgan fingerprint density at radius 2 is 2.00 bits per heavy atom. The maximum absolute atomic E-state index is 13.5. The molecule has 2 N–H and O–H groups in total. The summed E-state index contributed by atoms with van der Waals surface area (Å²) in [6.07, 6.45) is 4.23. The molecule has 3 unspecified atom stereocenters. The fourth-order valence-corrected chi connectivity index (χ4v) is 9.70. The number of thiazole rings is 1. The second kappa shape index (κ2) is 13.1. The molecule has 0 aromatic carbocycles. The van der Waals surface area contributed by atoms with Gasteiger partial charge in [-0.25, -0.2) is 4.98 Å². The summed E-state index contributed by atoms with van der Waals surface area (Å²) < 4.78 is 6.32. The second-order valence-electron chi connectivity index (χ2n) is 13.2. The van der Waals surface area contributed by atoms with E-state index in [0.717, 1.165) is 38.0 Å². The number of thioether (sulfide) groups is 1. The molecule has 42 heavy (non-hydrogen) atoms. The minimum absolute atomic E-state index is 0.0546. The number of carbonyl (C=O) groups excluding carboxylic acids is 3. The number of hydrogen-bond acceptors (Lipinski definition) is 9. The van der Waals surface area contributed by atoms with Crippen LogP contribution in [0.4, 0.5) is 5.13 Å². The Hall–Kier alpha value is -1.75. The molecule has 3 aliphatic carbocycles. The predicted octanol–water partition coefficient (Wildman–Crippen LogP) is 5.56. The molecule has 10 heteroatoms. The van der Waals surface area contributed by atoms with E-state index in [4.69, 9.17) is 4.74 Å². The van der Waals surface area contributed by atoms with E-state index >= 15 is 0 Å². The van der Waals surface area contributed by atoms with Gasteiger partial charge in [0.05, 0.1) is 24.1 Å². The number of rotatable bonds is 11. The van der Waals surface area contributed by atoms with Crippen LogP contribution in [0, 0.1) is 34.0 Å². The Morgan fingerprint density at radius 1 is 1.29 bits per heavy atom. The van der Waals surface area contributed by atoms with Crippen LogP contribution in [-0.2, 0) is 24.9 Å². The van der Waals surface area contributed by atoms with Crippen molar-refractivity contribution in [2.75, 3.05) is 30.7 Å². The minimum Gasteiger partial charge on any atom is -0.461 e. The van der Waals surface area contributed by atoms with E-state index in [9.17, 15) is 19.5 Å². The average Bonchev–Trinajstić information content (AvgIpc) is 3.56. The van der Waals surface area contributed by atoms with E-state index in [1.807, 2.05) is 37.1 Å². The number of aromatic nitrogens is 1. The lowest BCUT2D eigenvalue weighted by atomic mass is 9.44. The van der Waals surface area contributed by atoms with Crippen LogP contribution in [0.1, 0.15) is 79.3 Å². The van der Waals surface area contributed by atoms with Gasteiger partial charge in [-0.3, -0.25) is 19.3 Å². The maximum atomic E-state index is 13.5. The molecule has 8 atom stereocenters. The zero-order chi connectivity index (χ0) is 30.9. The fraction of sp³-hybridized carbons (Fsp3) is 0.750. The number of carbonyl (C=O) groups is 3. The van der Waals surface area contributed by atoms with Crippen LogP contribution in [0.2, 0.25) is 0 Å². The van der Waals surface area contributed by atoms with E-state index in [2.05, 4.69) is 37.7 Å². The zero-order valence-corrected chi connectivity index (χ0v) is 27.7. The molecule has 0 spiro atoms. The first kappa shape index (κ1) is 33.1.